The van der Waals surface area contributed by atoms with Gasteiger partial charge in [-0.1, -0.05) is 30.3 Å². The Balaban J connectivity index is 2.65. The number of hydrogen-bond acceptors (Lipinski definition) is 4. The molecule has 0 unspecified atom stereocenters. The normalized spacial score (nSPS) is 11.0. The number of nitro groups is 1. The Morgan fingerprint density at radius 3 is 2.45 bits per heavy atom. The van der Waals surface area contributed by atoms with Crippen LogP contribution >= 0.6 is 0 Å². The van der Waals surface area contributed by atoms with E-state index in [1.165, 1.54) is 31.4 Å². The lowest BCUT2D eigenvalue weighted by atomic mass is 10.0. The Morgan fingerprint density at radius 2 is 1.91 bits per heavy atom. The summed E-state index contributed by atoms with van der Waals surface area (Å²) in [5.41, 5.74) is 0.180. The van der Waals surface area contributed by atoms with Crippen LogP contribution in [0.2, 0.25) is 0 Å². The lowest BCUT2D eigenvalue weighted by molar-refractivity contribution is -0.385. The van der Waals surface area contributed by atoms with E-state index in [0.717, 1.165) is 0 Å². The van der Waals surface area contributed by atoms with Crippen LogP contribution in [0.15, 0.2) is 48.5 Å². The maximum Gasteiger partial charge on any atom is 0.336 e. The summed E-state index contributed by atoms with van der Waals surface area (Å²) in [6.45, 7) is 0. The molecule has 0 amide bonds. The molecule has 0 aliphatic carbocycles. The smallest absolute Gasteiger partial charge is 0.336 e. The molecule has 2 aromatic rings. The molecule has 0 saturated carbocycles. The predicted octanol–water partition coefficient (Wildman–Crippen LogP) is 3.23. The summed E-state index contributed by atoms with van der Waals surface area (Å²) >= 11 is 0. The van der Waals surface area contributed by atoms with Crippen LogP contribution < -0.4 is 4.74 Å². The molecule has 1 N–H and O–H groups in total. The second kappa shape index (κ2) is 6.53. The molecule has 0 heterocycles. The lowest BCUT2D eigenvalue weighted by Gasteiger charge is -2.07. The highest BCUT2D eigenvalue weighted by atomic mass is 16.6. The molecule has 22 heavy (non-hydrogen) atoms. The molecular weight excluding hydrogens is 286 g/mol. The maximum atomic E-state index is 11.5. The number of ether oxygens (including phenoxy) is 1. The lowest BCUT2D eigenvalue weighted by Crippen LogP contribution is -2.04. The van der Waals surface area contributed by atoms with Gasteiger partial charge in [0, 0.05) is 6.07 Å². The number of rotatable bonds is 5. The van der Waals surface area contributed by atoms with Gasteiger partial charge in [-0.3, -0.25) is 10.1 Å². The number of benzene rings is 2. The molecule has 0 atom stereocenters. The minimum atomic E-state index is -1.25. The molecule has 0 spiro atoms. The van der Waals surface area contributed by atoms with Crippen molar-refractivity contribution in [3.05, 3.63) is 69.8 Å². The summed E-state index contributed by atoms with van der Waals surface area (Å²) in [7, 11) is 1.41. The molecule has 0 radical (unpaired) electrons. The minimum Gasteiger partial charge on any atom is -0.497 e. The fraction of sp³-hybridized carbons (Fsp3) is 0.0625. The van der Waals surface area contributed by atoms with Crippen molar-refractivity contribution in [2.75, 3.05) is 7.11 Å². The van der Waals surface area contributed by atoms with Gasteiger partial charge < -0.3 is 9.84 Å². The molecular formula is C16H13NO5. The predicted molar refractivity (Wildman–Crippen MR) is 81.6 cm³/mol. The first kappa shape index (κ1) is 15.2. The Bertz CT molecular complexity index is 737. The van der Waals surface area contributed by atoms with Crippen LogP contribution in [0.1, 0.15) is 11.1 Å². The zero-order valence-electron chi connectivity index (χ0n) is 11.7. The number of hydrogen-bond donors (Lipinski definition) is 1. The van der Waals surface area contributed by atoms with Crippen LogP contribution in [0.4, 0.5) is 5.69 Å². The maximum absolute atomic E-state index is 11.5. The van der Waals surface area contributed by atoms with E-state index in [1.54, 1.807) is 30.3 Å². The van der Waals surface area contributed by atoms with Crippen LogP contribution in [0.5, 0.6) is 5.75 Å². The van der Waals surface area contributed by atoms with Crippen molar-refractivity contribution in [3.63, 3.8) is 0 Å². The van der Waals surface area contributed by atoms with Crippen molar-refractivity contribution in [2.45, 2.75) is 0 Å². The number of carboxylic acid groups (broad SMARTS) is 1. The zero-order valence-corrected chi connectivity index (χ0v) is 11.7. The van der Waals surface area contributed by atoms with Crippen molar-refractivity contribution in [1.29, 1.82) is 0 Å². The van der Waals surface area contributed by atoms with Crippen molar-refractivity contribution >= 4 is 23.3 Å². The Morgan fingerprint density at radius 1 is 1.23 bits per heavy atom. The average molecular weight is 299 g/mol. The van der Waals surface area contributed by atoms with Gasteiger partial charge in [0.25, 0.3) is 5.69 Å². The molecule has 6 heteroatoms. The first-order valence-electron chi connectivity index (χ1n) is 6.35. The first-order valence-corrected chi connectivity index (χ1v) is 6.35. The third kappa shape index (κ3) is 3.29. The van der Waals surface area contributed by atoms with Gasteiger partial charge >= 0.3 is 5.97 Å². The SMILES string of the molecule is COc1ccc([N+](=O)[O-])c(/C(=C/c2ccccc2)C(=O)O)c1. The Labute approximate surface area is 126 Å². The summed E-state index contributed by atoms with van der Waals surface area (Å²) in [6.07, 6.45) is 1.39. The van der Waals surface area contributed by atoms with E-state index in [-0.39, 0.29) is 16.8 Å². The van der Waals surface area contributed by atoms with Crippen molar-refractivity contribution < 1.29 is 19.6 Å². The Hall–Kier alpha value is -3.15. The van der Waals surface area contributed by atoms with Crippen molar-refractivity contribution in [1.82, 2.24) is 0 Å². The summed E-state index contributed by atoms with van der Waals surface area (Å²) in [6, 6.07) is 12.7. The van der Waals surface area contributed by atoms with Crippen LogP contribution in [0.3, 0.4) is 0 Å². The van der Waals surface area contributed by atoms with E-state index in [4.69, 9.17) is 4.74 Å². The molecule has 0 bridgehead atoms. The highest BCUT2D eigenvalue weighted by Gasteiger charge is 2.22. The largest absolute Gasteiger partial charge is 0.497 e. The summed E-state index contributed by atoms with van der Waals surface area (Å²) in [5.74, 6) is -0.902. The molecule has 2 aromatic carbocycles. The summed E-state index contributed by atoms with van der Waals surface area (Å²) in [4.78, 5) is 22.1. The van der Waals surface area contributed by atoms with E-state index >= 15 is 0 Å². The van der Waals surface area contributed by atoms with Gasteiger partial charge in [-0.05, 0) is 23.8 Å². The van der Waals surface area contributed by atoms with Gasteiger partial charge in [0.15, 0.2) is 0 Å². The minimum absolute atomic E-state index is 0.000651. The van der Waals surface area contributed by atoms with Crippen molar-refractivity contribution in [3.8, 4) is 5.75 Å². The molecule has 0 fully saturated rings. The molecule has 112 valence electrons. The molecule has 0 aromatic heterocycles. The first-order chi connectivity index (χ1) is 10.5. The van der Waals surface area contributed by atoms with E-state index in [1.807, 2.05) is 0 Å². The summed E-state index contributed by atoms with van der Waals surface area (Å²) in [5, 5.41) is 20.6. The second-order valence-electron chi connectivity index (χ2n) is 4.41. The van der Waals surface area contributed by atoms with Gasteiger partial charge in [0.2, 0.25) is 0 Å². The quantitative estimate of drug-likeness (QED) is 0.396. The van der Waals surface area contributed by atoms with Gasteiger partial charge in [0.05, 0.1) is 23.2 Å². The van der Waals surface area contributed by atoms with E-state index in [2.05, 4.69) is 0 Å². The van der Waals surface area contributed by atoms with Crippen molar-refractivity contribution in [2.24, 2.45) is 0 Å². The highest BCUT2D eigenvalue weighted by molar-refractivity contribution is 6.21. The van der Waals surface area contributed by atoms with Crippen LogP contribution in [-0.2, 0) is 4.79 Å². The van der Waals surface area contributed by atoms with Gasteiger partial charge in [-0.25, -0.2) is 4.79 Å². The third-order valence-corrected chi connectivity index (χ3v) is 3.03. The standard InChI is InChI=1S/C16H13NO5/c1-22-12-7-8-15(17(20)21)13(10-12)14(16(18)19)9-11-5-3-2-4-6-11/h2-10H,1H3,(H,18,19)/b14-9-. The highest BCUT2D eigenvalue weighted by Crippen LogP contribution is 2.31. The molecule has 2 rings (SSSR count). The number of methoxy groups -OCH3 is 1. The number of nitrogens with zero attached hydrogens (tertiary/aromatic N) is 1. The van der Waals surface area contributed by atoms with E-state index in [0.29, 0.717) is 11.3 Å². The molecule has 0 saturated heterocycles. The second-order valence-corrected chi connectivity index (χ2v) is 4.41. The zero-order chi connectivity index (χ0) is 16.1. The number of carbonyl (C=O) groups is 1. The fourth-order valence-corrected chi connectivity index (χ4v) is 1.99. The van der Waals surface area contributed by atoms with Crippen LogP contribution in [0.25, 0.3) is 11.6 Å². The van der Waals surface area contributed by atoms with Gasteiger partial charge in [-0.15, -0.1) is 0 Å². The summed E-state index contributed by atoms with van der Waals surface area (Å²) < 4.78 is 5.03. The van der Waals surface area contributed by atoms with Crippen LogP contribution in [0, 0.1) is 10.1 Å². The third-order valence-electron chi connectivity index (χ3n) is 3.03. The molecule has 6 nitrogen and oxygen atoms in total. The monoisotopic (exact) mass is 299 g/mol. The van der Waals surface area contributed by atoms with Crippen LogP contribution in [-0.4, -0.2) is 23.1 Å². The number of aliphatic carboxylic acids is 1. The van der Waals surface area contributed by atoms with E-state index in [9.17, 15) is 20.0 Å². The fourth-order valence-electron chi connectivity index (χ4n) is 1.99. The topological polar surface area (TPSA) is 89.7 Å². The number of carboxylic acids is 1. The van der Waals surface area contributed by atoms with E-state index < -0.39 is 10.9 Å². The van der Waals surface area contributed by atoms with Gasteiger partial charge in [-0.2, -0.15) is 0 Å². The molecule has 0 aliphatic heterocycles. The number of nitro benzene ring substituents is 1. The average Bonchev–Trinajstić information content (AvgIpc) is 2.52. The van der Waals surface area contributed by atoms with Gasteiger partial charge in [0.1, 0.15) is 5.75 Å². The molecule has 0 aliphatic rings. The Kier molecular flexibility index (Phi) is 4.53.